The van der Waals surface area contributed by atoms with Crippen LogP contribution in [0.3, 0.4) is 0 Å². The van der Waals surface area contributed by atoms with Gasteiger partial charge >= 0.3 is 6.03 Å². The standard InChI is InChI=1S/C15H19N3OS/c1-11(16)13-2-4-14(5-3-13)18-15(19)17-8-6-12-7-9-20-10-12/h2-5,7,9-11H,6,8,16H2,1H3,(H2,17,18,19). The van der Waals surface area contributed by atoms with Crippen LogP contribution in [0.4, 0.5) is 10.5 Å². The molecular weight excluding hydrogens is 270 g/mol. The number of hydrogen-bond acceptors (Lipinski definition) is 3. The number of anilines is 1. The van der Waals surface area contributed by atoms with Gasteiger partial charge in [0.1, 0.15) is 0 Å². The zero-order valence-electron chi connectivity index (χ0n) is 11.4. The number of carbonyl (C=O) groups excluding carboxylic acids is 1. The quantitative estimate of drug-likeness (QED) is 0.791. The van der Waals surface area contributed by atoms with Crippen molar-refractivity contribution in [2.45, 2.75) is 19.4 Å². The van der Waals surface area contributed by atoms with Gasteiger partial charge in [0.15, 0.2) is 0 Å². The van der Waals surface area contributed by atoms with E-state index in [9.17, 15) is 4.79 Å². The molecule has 0 aliphatic carbocycles. The molecule has 0 fully saturated rings. The molecule has 2 rings (SSSR count). The van der Waals surface area contributed by atoms with E-state index >= 15 is 0 Å². The highest BCUT2D eigenvalue weighted by molar-refractivity contribution is 7.07. The molecule has 1 aromatic heterocycles. The largest absolute Gasteiger partial charge is 0.338 e. The van der Waals surface area contributed by atoms with E-state index in [1.54, 1.807) is 11.3 Å². The van der Waals surface area contributed by atoms with Crippen LogP contribution in [0.25, 0.3) is 0 Å². The fourth-order valence-electron chi connectivity index (χ4n) is 1.80. The van der Waals surface area contributed by atoms with E-state index in [0.717, 1.165) is 17.7 Å². The third-order valence-corrected chi connectivity index (χ3v) is 3.71. The average Bonchev–Trinajstić information content (AvgIpc) is 2.92. The van der Waals surface area contributed by atoms with E-state index in [4.69, 9.17) is 5.73 Å². The summed E-state index contributed by atoms with van der Waals surface area (Å²) in [5.41, 5.74) is 8.84. The summed E-state index contributed by atoms with van der Waals surface area (Å²) in [5.74, 6) is 0. The Morgan fingerprint density at radius 1 is 1.30 bits per heavy atom. The Morgan fingerprint density at radius 3 is 2.65 bits per heavy atom. The monoisotopic (exact) mass is 289 g/mol. The fraction of sp³-hybridized carbons (Fsp3) is 0.267. The smallest absolute Gasteiger partial charge is 0.319 e. The molecule has 0 saturated heterocycles. The summed E-state index contributed by atoms with van der Waals surface area (Å²) in [6.45, 7) is 2.56. The van der Waals surface area contributed by atoms with E-state index in [2.05, 4.69) is 22.1 Å². The number of nitrogens with one attached hydrogen (secondary N) is 2. The third-order valence-electron chi connectivity index (χ3n) is 2.97. The van der Waals surface area contributed by atoms with E-state index < -0.39 is 0 Å². The lowest BCUT2D eigenvalue weighted by Gasteiger charge is -2.09. The molecule has 1 heterocycles. The molecule has 0 aliphatic rings. The lowest BCUT2D eigenvalue weighted by Crippen LogP contribution is -2.30. The Hall–Kier alpha value is -1.85. The van der Waals surface area contributed by atoms with Gasteiger partial charge < -0.3 is 16.4 Å². The van der Waals surface area contributed by atoms with Crippen molar-refractivity contribution in [3.63, 3.8) is 0 Å². The number of hydrogen-bond donors (Lipinski definition) is 3. The van der Waals surface area contributed by atoms with Crippen LogP contribution in [0.5, 0.6) is 0 Å². The van der Waals surface area contributed by atoms with Crippen LogP contribution in [0.15, 0.2) is 41.1 Å². The Labute approximate surface area is 123 Å². The molecule has 0 aliphatic heterocycles. The molecule has 0 bridgehead atoms. The maximum atomic E-state index is 11.7. The van der Waals surface area contributed by atoms with E-state index in [1.165, 1.54) is 5.56 Å². The number of nitrogens with two attached hydrogens (primary N) is 1. The van der Waals surface area contributed by atoms with Crippen molar-refractivity contribution >= 4 is 23.1 Å². The van der Waals surface area contributed by atoms with Crippen LogP contribution >= 0.6 is 11.3 Å². The third kappa shape index (κ3) is 4.36. The van der Waals surface area contributed by atoms with Gasteiger partial charge in [-0.3, -0.25) is 0 Å². The molecule has 5 heteroatoms. The lowest BCUT2D eigenvalue weighted by atomic mass is 10.1. The summed E-state index contributed by atoms with van der Waals surface area (Å²) in [5, 5.41) is 9.76. The molecule has 0 spiro atoms. The van der Waals surface area contributed by atoms with Crippen LogP contribution < -0.4 is 16.4 Å². The number of thiophene rings is 1. The Kier molecular flexibility index (Phi) is 5.15. The highest BCUT2D eigenvalue weighted by Crippen LogP contribution is 2.14. The van der Waals surface area contributed by atoms with Crippen molar-refractivity contribution in [3.8, 4) is 0 Å². The molecule has 1 aromatic carbocycles. The summed E-state index contributed by atoms with van der Waals surface area (Å²) in [6, 6.07) is 9.44. The number of urea groups is 1. The summed E-state index contributed by atoms with van der Waals surface area (Å²) in [6.07, 6.45) is 0.848. The summed E-state index contributed by atoms with van der Waals surface area (Å²) >= 11 is 1.67. The second-order valence-electron chi connectivity index (χ2n) is 4.67. The van der Waals surface area contributed by atoms with Gasteiger partial charge in [0.25, 0.3) is 0 Å². The molecule has 4 N–H and O–H groups in total. The van der Waals surface area contributed by atoms with Gasteiger partial charge in [0.05, 0.1) is 0 Å². The van der Waals surface area contributed by atoms with Crippen molar-refractivity contribution in [1.82, 2.24) is 5.32 Å². The predicted molar refractivity (Wildman–Crippen MR) is 84.1 cm³/mol. The van der Waals surface area contributed by atoms with Gasteiger partial charge in [-0.25, -0.2) is 4.79 Å². The van der Waals surface area contributed by atoms with Crippen LogP contribution in [0.2, 0.25) is 0 Å². The minimum Gasteiger partial charge on any atom is -0.338 e. The zero-order valence-corrected chi connectivity index (χ0v) is 12.2. The summed E-state index contributed by atoms with van der Waals surface area (Å²) in [4.78, 5) is 11.7. The highest BCUT2D eigenvalue weighted by Gasteiger charge is 2.03. The Morgan fingerprint density at radius 2 is 2.05 bits per heavy atom. The topological polar surface area (TPSA) is 67.1 Å². The zero-order chi connectivity index (χ0) is 14.4. The number of rotatable bonds is 5. The van der Waals surface area contributed by atoms with Gasteiger partial charge in [-0.05, 0) is 53.4 Å². The molecule has 2 aromatic rings. The molecule has 106 valence electrons. The predicted octanol–water partition coefficient (Wildman–Crippen LogP) is 3.13. The van der Waals surface area contributed by atoms with Gasteiger partial charge in [0, 0.05) is 18.3 Å². The normalized spacial score (nSPS) is 11.9. The van der Waals surface area contributed by atoms with Crippen molar-refractivity contribution in [1.29, 1.82) is 0 Å². The molecule has 0 saturated carbocycles. The SMILES string of the molecule is CC(N)c1ccc(NC(=O)NCCc2ccsc2)cc1. The minimum atomic E-state index is -0.186. The molecule has 2 amide bonds. The first-order chi connectivity index (χ1) is 9.65. The van der Waals surface area contributed by atoms with Gasteiger partial charge in [-0.2, -0.15) is 11.3 Å². The molecule has 4 nitrogen and oxygen atoms in total. The van der Waals surface area contributed by atoms with Crippen LogP contribution in [0, 0.1) is 0 Å². The molecule has 1 unspecified atom stereocenters. The summed E-state index contributed by atoms with van der Waals surface area (Å²) in [7, 11) is 0. The average molecular weight is 289 g/mol. The van der Waals surface area contributed by atoms with Gasteiger partial charge in [-0.1, -0.05) is 12.1 Å². The summed E-state index contributed by atoms with van der Waals surface area (Å²) < 4.78 is 0. The minimum absolute atomic E-state index is 0.00323. The van der Waals surface area contributed by atoms with E-state index in [1.807, 2.05) is 36.6 Å². The fourth-order valence-corrected chi connectivity index (χ4v) is 2.50. The molecule has 20 heavy (non-hydrogen) atoms. The van der Waals surface area contributed by atoms with Crippen molar-refractivity contribution in [2.75, 3.05) is 11.9 Å². The second-order valence-corrected chi connectivity index (χ2v) is 5.45. The number of carbonyl (C=O) groups is 1. The van der Waals surface area contributed by atoms with Crippen molar-refractivity contribution in [2.24, 2.45) is 5.73 Å². The molecular formula is C15H19N3OS. The highest BCUT2D eigenvalue weighted by atomic mass is 32.1. The number of benzene rings is 1. The van der Waals surface area contributed by atoms with Gasteiger partial charge in [0.2, 0.25) is 0 Å². The van der Waals surface area contributed by atoms with Crippen LogP contribution in [-0.2, 0) is 6.42 Å². The van der Waals surface area contributed by atoms with Crippen LogP contribution in [-0.4, -0.2) is 12.6 Å². The molecule has 1 atom stereocenters. The van der Waals surface area contributed by atoms with E-state index in [0.29, 0.717) is 6.54 Å². The maximum Gasteiger partial charge on any atom is 0.319 e. The first-order valence-electron chi connectivity index (χ1n) is 6.56. The second kappa shape index (κ2) is 7.07. The van der Waals surface area contributed by atoms with E-state index in [-0.39, 0.29) is 12.1 Å². The van der Waals surface area contributed by atoms with Crippen molar-refractivity contribution < 1.29 is 4.79 Å². The number of amides is 2. The Bertz CT molecular complexity index is 535. The first kappa shape index (κ1) is 14.6. The maximum absolute atomic E-state index is 11.7. The first-order valence-corrected chi connectivity index (χ1v) is 7.51. The van der Waals surface area contributed by atoms with Gasteiger partial charge in [-0.15, -0.1) is 0 Å². The van der Waals surface area contributed by atoms with Crippen molar-refractivity contribution in [3.05, 3.63) is 52.2 Å². The lowest BCUT2D eigenvalue weighted by molar-refractivity contribution is 0.252. The Balaban J connectivity index is 1.76. The molecule has 0 radical (unpaired) electrons. The van der Waals surface area contributed by atoms with Crippen LogP contribution in [0.1, 0.15) is 24.1 Å².